The molecule has 1 aliphatic heterocycles. The fourth-order valence-corrected chi connectivity index (χ4v) is 5.28. The molecule has 1 N–H and O–H groups in total. The summed E-state index contributed by atoms with van der Waals surface area (Å²) in [7, 11) is -3.04. The molecule has 5 nitrogen and oxygen atoms in total. The monoisotopic (exact) mass is 354 g/mol. The average molecular weight is 354 g/mol. The van der Waals surface area contributed by atoms with Crippen molar-refractivity contribution in [3.8, 4) is 0 Å². The fourth-order valence-electron chi connectivity index (χ4n) is 2.79. The molecular formula is C16H22N2O3S2. The van der Waals surface area contributed by atoms with E-state index in [9.17, 15) is 13.2 Å². The Bertz CT molecular complexity index is 656. The van der Waals surface area contributed by atoms with Gasteiger partial charge >= 0.3 is 0 Å². The van der Waals surface area contributed by atoms with E-state index in [-0.39, 0.29) is 11.2 Å². The van der Waals surface area contributed by atoms with Gasteiger partial charge in [0.05, 0.1) is 5.25 Å². The van der Waals surface area contributed by atoms with Crippen molar-refractivity contribution in [2.45, 2.75) is 30.9 Å². The molecule has 0 unspecified atom stereocenters. The van der Waals surface area contributed by atoms with E-state index in [1.165, 1.54) is 0 Å². The minimum absolute atomic E-state index is 0.0913. The number of thiophene rings is 1. The highest BCUT2D eigenvalue weighted by molar-refractivity contribution is 7.90. The second-order valence-electron chi connectivity index (χ2n) is 6.18. The number of sulfonamides is 1. The molecule has 1 saturated heterocycles. The summed E-state index contributed by atoms with van der Waals surface area (Å²) in [5.41, 5.74) is 0. The molecule has 1 aromatic heterocycles. The van der Waals surface area contributed by atoms with E-state index in [2.05, 4.69) is 5.32 Å². The van der Waals surface area contributed by atoms with E-state index in [0.29, 0.717) is 25.6 Å². The Balaban J connectivity index is 1.40. The van der Waals surface area contributed by atoms with Crippen LogP contribution in [0.1, 0.15) is 30.6 Å². The zero-order valence-corrected chi connectivity index (χ0v) is 14.6. The molecule has 0 spiro atoms. The number of carbonyl (C=O) groups is 1. The van der Waals surface area contributed by atoms with Crippen molar-refractivity contribution in [1.82, 2.24) is 9.62 Å². The first kappa shape index (κ1) is 16.7. The van der Waals surface area contributed by atoms with Gasteiger partial charge in [0.25, 0.3) is 0 Å². The second-order valence-corrected chi connectivity index (χ2v) is 9.37. The maximum atomic E-state index is 12.2. The van der Waals surface area contributed by atoms with Crippen LogP contribution in [0.5, 0.6) is 0 Å². The Kier molecular flexibility index (Phi) is 5.18. The van der Waals surface area contributed by atoms with E-state index in [1.807, 2.05) is 23.6 Å². The van der Waals surface area contributed by atoms with E-state index in [1.54, 1.807) is 21.7 Å². The number of rotatable bonds is 6. The number of nitrogens with zero attached hydrogens (tertiary/aromatic N) is 1. The fraction of sp³-hybridized carbons (Fsp3) is 0.562. The lowest BCUT2D eigenvalue weighted by molar-refractivity contribution is -0.116. The molecule has 0 bridgehead atoms. The molecule has 2 fully saturated rings. The summed E-state index contributed by atoms with van der Waals surface area (Å²) in [6, 6.07) is 3.91. The highest BCUT2D eigenvalue weighted by Crippen LogP contribution is 2.33. The summed E-state index contributed by atoms with van der Waals surface area (Å²) in [5.74, 6) is 0.270. The summed E-state index contributed by atoms with van der Waals surface area (Å²) >= 11 is 1.59. The Morgan fingerprint density at radius 1 is 1.30 bits per heavy atom. The summed E-state index contributed by atoms with van der Waals surface area (Å²) in [6.07, 6.45) is 6.63. The maximum Gasteiger partial charge on any atom is 0.244 e. The van der Waals surface area contributed by atoms with Crippen LogP contribution in [0.2, 0.25) is 0 Å². The van der Waals surface area contributed by atoms with E-state index in [4.69, 9.17) is 0 Å². The Morgan fingerprint density at radius 3 is 2.65 bits per heavy atom. The molecule has 1 aliphatic carbocycles. The first-order chi connectivity index (χ1) is 11.1. The number of hydrogen-bond acceptors (Lipinski definition) is 4. The van der Waals surface area contributed by atoms with Gasteiger partial charge in [0.1, 0.15) is 0 Å². The molecule has 7 heteroatoms. The van der Waals surface area contributed by atoms with Crippen LogP contribution in [-0.2, 0) is 14.8 Å². The quantitative estimate of drug-likeness (QED) is 0.796. The third-order valence-corrected chi connectivity index (χ3v) is 7.62. The summed E-state index contributed by atoms with van der Waals surface area (Å²) < 4.78 is 26.0. The number of carbonyl (C=O) groups excluding carboxylic acids is 1. The minimum atomic E-state index is -3.04. The zero-order chi connectivity index (χ0) is 16.3. The topological polar surface area (TPSA) is 66.5 Å². The van der Waals surface area contributed by atoms with Crippen LogP contribution in [0.25, 0.3) is 6.08 Å². The van der Waals surface area contributed by atoms with Gasteiger partial charge in [0.15, 0.2) is 0 Å². The molecule has 126 valence electrons. The molecule has 1 aromatic rings. The summed E-state index contributed by atoms with van der Waals surface area (Å²) in [4.78, 5) is 12.9. The van der Waals surface area contributed by atoms with Gasteiger partial charge in [-0.05, 0) is 49.1 Å². The maximum absolute atomic E-state index is 12.2. The van der Waals surface area contributed by atoms with Crippen molar-refractivity contribution in [1.29, 1.82) is 0 Å². The summed E-state index contributed by atoms with van der Waals surface area (Å²) in [6.45, 7) is 1.79. The van der Waals surface area contributed by atoms with Gasteiger partial charge < -0.3 is 5.32 Å². The molecule has 2 heterocycles. The van der Waals surface area contributed by atoms with Crippen molar-refractivity contribution < 1.29 is 13.2 Å². The number of nitrogens with one attached hydrogen (secondary N) is 1. The molecule has 23 heavy (non-hydrogen) atoms. The smallest absolute Gasteiger partial charge is 0.244 e. The summed E-state index contributed by atoms with van der Waals surface area (Å²) in [5, 5.41) is 4.76. The molecule has 1 amide bonds. The third kappa shape index (κ3) is 4.43. The Morgan fingerprint density at radius 2 is 2.04 bits per heavy atom. The highest BCUT2D eigenvalue weighted by atomic mass is 32.2. The van der Waals surface area contributed by atoms with E-state index in [0.717, 1.165) is 30.6 Å². The van der Waals surface area contributed by atoms with Gasteiger partial charge in [-0.1, -0.05) is 6.07 Å². The number of amides is 1. The first-order valence-corrected chi connectivity index (χ1v) is 10.4. The average Bonchev–Trinajstić information content (AvgIpc) is 3.29. The molecule has 0 radical (unpaired) electrons. The SMILES string of the molecule is O=C(/C=C/c1cccs1)NCC1CCN(S(=O)(=O)C2CC2)CC1. The third-order valence-electron chi connectivity index (χ3n) is 4.39. The molecular weight excluding hydrogens is 332 g/mol. The van der Waals surface area contributed by atoms with Crippen LogP contribution >= 0.6 is 11.3 Å². The first-order valence-electron chi connectivity index (χ1n) is 8.04. The largest absolute Gasteiger partial charge is 0.352 e. The molecule has 0 aromatic carbocycles. The van der Waals surface area contributed by atoms with Crippen molar-refractivity contribution in [2.75, 3.05) is 19.6 Å². The van der Waals surface area contributed by atoms with Crippen LogP contribution < -0.4 is 5.32 Å². The van der Waals surface area contributed by atoms with Crippen molar-refractivity contribution in [2.24, 2.45) is 5.92 Å². The highest BCUT2D eigenvalue weighted by Gasteiger charge is 2.41. The standard InChI is InChI=1S/C16H22N2O3S2/c19-16(6-3-14-2-1-11-22-14)17-12-13-7-9-18(10-8-13)23(20,21)15-4-5-15/h1-3,6,11,13,15H,4-5,7-10,12H2,(H,17,19)/b6-3+. The van der Waals surface area contributed by atoms with Gasteiger partial charge in [0, 0.05) is 30.6 Å². The Hall–Kier alpha value is -1.18. The predicted octanol–water partition coefficient (Wildman–Crippen LogP) is 2.08. The van der Waals surface area contributed by atoms with Crippen molar-refractivity contribution in [3.05, 3.63) is 28.5 Å². The van der Waals surface area contributed by atoms with E-state index < -0.39 is 10.0 Å². The molecule has 0 atom stereocenters. The predicted molar refractivity (Wildman–Crippen MR) is 92.6 cm³/mol. The zero-order valence-electron chi connectivity index (χ0n) is 13.0. The number of piperidine rings is 1. The molecule has 3 rings (SSSR count). The van der Waals surface area contributed by atoms with Crippen LogP contribution in [0.15, 0.2) is 23.6 Å². The van der Waals surface area contributed by atoms with Crippen molar-refractivity contribution >= 4 is 33.3 Å². The molecule has 1 saturated carbocycles. The van der Waals surface area contributed by atoms with Crippen molar-refractivity contribution in [3.63, 3.8) is 0 Å². The Labute approximate surface area is 141 Å². The van der Waals surface area contributed by atoms with Gasteiger partial charge in [-0.2, -0.15) is 0 Å². The minimum Gasteiger partial charge on any atom is -0.352 e. The lowest BCUT2D eigenvalue weighted by Gasteiger charge is -2.31. The second kappa shape index (κ2) is 7.15. The van der Waals surface area contributed by atoms with Gasteiger partial charge in [-0.3, -0.25) is 4.79 Å². The van der Waals surface area contributed by atoms with Crippen LogP contribution in [0, 0.1) is 5.92 Å². The van der Waals surface area contributed by atoms with Gasteiger partial charge in [-0.25, -0.2) is 12.7 Å². The lowest BCUT2D eigenvalue weighted by atomic mass is 9.98. The lowest BCUT2D eigenvalue weighted by Crippen LogP contribution is -2.42. The van der Waals surface area contributed by atoms with E-state index >= 15 is 0 Å². The number of hydrogen-bond donors (Lipinski definition) is 1. The normalized spacial score (nSPS) is 20.9. The van der Waals surface area contributed by atoms with Crippen LogP contribution in [0.4, 0.5) is 0 Å². The van der Waals surface area contributed by atoms with Crippen LogP contribution in [0.3, 0.4) is 0 Å². The molecule has 2 aliphatic rings. The van der Waals surface area contributed by atoms with Gasteiger partial charge in [-0.15, -0.1) is 11.3 Å². The van der Waals surface area contributed by atoms with Crippen LogP contribution in [-0.4, -0.2) is 43.5 Å². The van der Waals surface area contributed by atoms with Gasteiger partial charge in [0.2, 0.25) is 15.9 Å².